The maximum atomic E-state index is 11.7. The molecule has 4 nitrogen and oxygen atoms in total. The van der Waals surface area contributed by atoms with E-state index in [-0.39, 0.29) is 12.0 Å². The average Bonchev–Trinajstić information content (AvgIpc) is 3.07. The SMILES string of the molecule is C=C1/C(=C\C=C2/CCCC3(C)[C@@H]([C@H](C)CCCC(=O)NOC)CC[C@@H]23)CCCC1O. The standard InChI is InChI=1S/C26H41NO3/c1-18(8-5-12-25(29)27-30-4)22-15-16-23-21(10-7-17-26(22,23)3)14-13-20-9-6-11-24(28)19(20)2/h13-14,18,22-24,28H,2,5-12,15-17H2,1,3-4H3,(H,27,29)/b20-13-,21-14+/t18-,22-,23+,24?,26?/m1/s1. The van der Waals surface area contributed by atoms with E-state index in [0.29, 0.717) is 23.7 Å². The quantitative estimate of drug-likeness (QED) is 0.529. The van der Waals surface area contributed by atoms with Crippen LogP contribution in [0, 0.1) is 23.2 Å². The van der Waals surface area contributed by atoms with Crippen LogP contribution in [-0.2, 0) is 9.63 Å². The molecule has 1 amide bonds. The van der Waals surface area contributed by atoms with Gasteiger partial charge in [0.2, 0.25) is 5.91 Å². The molecule has 0 heterocycles. The number of hydrogen-bond donors (Lipinski definition) is 2. The monoisotopic (exact) mass is 415 g/mol. The summed E-state index contributed by atoms with van der Waals surface area (Å²) in [5.74, 6) is 2.02. The van der Waals surface area contributed by atoms with E-state index < -0.39 is 0 Å². The second-order valence-corrected chi connectivity index (χ2v) is 10.1. The van der Waals surface area contributed by atoms with E-state index in [4.69, 9.17) is 4.84 Å². The van der Waals surface area contributed by atoms with Gasteiger partial charge in [-0.15, -0.1) is 0 Å². The average molecular weight is 416 g/mol. The Hall–Kier alpha value is -1.39. The van der Waals surface area contributed by atoms with Crippen LogP contribution >= 0.6 is 0 Å². The Morgan fingerprint density at radius 3 is 2.87 bits per heavy atom. The summed E-state index contributed by atoms with van der Waals surface area (Å²) >= 11 is 0. The van der Waals surface area contributed by atoms with E-state index in [0.717, 1.165) is 43.6 Å². The molecule has 3 aliphatic carbocycles. The van der Waals surface area contributed by atoms with Crippen molar-refractivity contribution >= 4 is 5.91 Å². The van der Waals surface area contributed by atoms with Crippen LogP contribution in [-0.4, -0.2) is 24.2 Å². The number of hydroxylamine groups is 1. The van der Waals surface area contributed by atoms with E-state index in [1.54, 1.807) is 5.57 Å². The molecular weight excluding hydrogens is 374 g/mol. The van der Waals surface area contributed by atoms with Crippen molar-refractivity contribution < 1.29 is 14.7 Å². The minimum Gasteiger partial charge on any atom is -0.388 e. The number of aliphatic hydroxyl groups is 1. The number of hydrogen-bond acceptors (Lipinski definition) is 3. The predicted octanol–water partition coefficient (Wildman–Crippen LogP) is 5.64. The van der Waals surface area contributed by atoms with Crippen molar-refractivity contribution in [3.8, 4) is 0 Å². The summed E-state index contributed by atoms with van der Waals surface area (Å²) in [6.45, 7) is 9.03. The van der Waals surface area contributed by atoms with Gasteiger partial charge >= 0.3 is 0 Å². The zero-order valence-electron chi connectivity index (χ0n) is 19.2. The third-order valence-electron chi connectivity index (χ3n) is 8.24. The highest BCUT2D eigenvalue weighted by molar-refractivity contribution is 5.74. The first-order valence-corrected chi connectivity index (χ1v) is 12.0. The molecule has 0 radical (unpaired) electrons. The van der Waals surface area contributed by atoms with Crippen molar-refractivity contribution in [1.29, 1.82) is 0 Å². The topological polar surface area (TPSA) is 58.6 Å². The van der Waals surface area contributed by atoms with Gasteiger partial charge in [0.15, 0.2) is 0 Å². The molecule has 2 unspecified atom stereocenters. The molecule has 168 valence electrons. The van der Waals surface area contributed by atoms with Gasteiger partial charge in [-0.3, -0.25) is 9.63 Å². The summed E-state index contributed by atoms with van der Waals surface area (Å²) < 4.78 is 0. The van der Waals surface area contributed by atoms with Gasteiger partial charge in [-0.1, -0.05) is 38.2 Å². The van der Waals surface area contributed by atoms with Gasteiger partial charge in [-0.2, -0.15) is 0 Å². The van der Waals surface area contributed by atoms with Crippen molar-refractivity contribution in [3.63, 3.8) is 0 Å². The largest absolute Gasteiger partial charge is 0.388 e. The highest BCUT2D eigenvalue weighted by atomic mass is 16.6. The summed E-state index contributed by atoms with van der Waals surface area (Å²) in [5.41, 5.74) is 6.57. The third kappa shape index (κ3) is 5.08. The predicted molar refractivity (Wildman–Crippen MR) is 122 cm³/mol. The molecule has 2 N–H and O–H groups in total. The number of aliphatic hydroxyl groups excluding tert-OH is 1. The molecule has 3 rings (SSSR count). The normalized spacial score (nSPS) is 35.5. The first kappa shape index (κ1) is 23.3. The Kier molecular flexibility index (Phi) is 7.98. The van der Waals surface area contributed by atoms with E-state index in [1.165, 1.54) is 44.8 Å². The summed E-state index contributed by atoms with van der Waals surface area (Å²) in [6.07, 6.45) is 16.2. The first-order valence-electron chi connectivity index (χ1n) is 12.0. The van der Waals surface area contributed by atoms with Gasteiger partial charge in [-0.05, 0) is 98.5 Å². The smallest absolute Gasteiger partial charge is 0.243 e. The Balaban J connectivity index is 1.64. The summed E-state index contributed by atoms with van der Waals surface area (Å²) in [4.78, 5) is 16.4. The van der Waals surface area contributed by atoms with Crippen LogP contribution in [0.5, 0.6) is 0 Å². The molecule has 30 heavy (non-hydrogen) atoms. The molecule has 0 aromatic carbocycles. The lowest BCUT2D eigenvalue weighted by Gasteiger charge is -2.44. The molecule has 3 aliphatic rings. The van der Waals surface area contributed by atoms with Gasteiger partial charge in [0.25, 0.3) is 0 Å². The van der Waals surface area contributed by atoms with E-state index >= 15 is 0 Å². The van der Waals surface area contributed by atoms with E-state index in [2.05, 4.69) is 38.1 Å². The van der Waals surface area contributed by atoms with E-state index in [9.17, 15) is 9.90 Å². The highest BCUT2D eigenvalue weighted by Gasteiger charge is 2.50. The maximum Gasteiger partial charge on any atom is 0.243 e. The number of nitrogens with one attached hydrogen (secondary N) is 1. The van der Waals surface area contributed by atoms with Crippen LogP contribution in [0.15, 0.2) is 35.5 Å². The van der Waals surface area contributed by atoms with Crippen LogP contribution < -0.4 is 5.48 Å². The number of carbonyl (C=O) groups is 1. The van der Waals surface area contributed by atoms with Crippen molar-refractivity contribution in [2.45, 2.75) is 90.6 Å². The lowest BCUT2D eigenvalue weighted by molar-refractivity contribution is -0.131. The molecule has 0 aliphatic heterocycles. The molecular formula is C26H41NO3. The van der Waals surface area contributed by atoms with Crippen molar-refractivity contribution in [2.24, 2.45) is 23.2 Å². The van der Waals surface area contributed by atoms with Crippen LogP contribution in [0.3, 0.4) is 0 Å². The second-order valence-electron chi connectivity index (χ2n) is 10.1. The minimum absolute atomic E-state index is 0.0226. The molecule has 0 saturated heterocycles. The molecule has 0 aromatic rings. The zero-order valence-corrected chi connectivity index (χ0v) is 19.2. The number of allylic oxidation sites excluding steroid dienone is 3. The second kappa shape index (κ2) is 10.3. The van der Waals surface area contributed by atoms with Gasteiger partial charge in [-0.25, -0.2) is 5.48 Å². The Morgan fingerprint density at radius 2 is 2.10 bits per heavy atom. The van der Waals surface area contributed by atoms with Crippen LogP contribution in [0.25, 0.3) is 0 Å². The molecule has 0 bridgehead atoms. The fourth-order valence-corrected chi connectivity index (χ4v) is 6.60. The molecule has 3 saturated carbocycles. The Bertz CT molecular complexity index is 694. The van der Waals surface area contributed by atoms with E-state index in [1.807, 2.05) is 0 Å². The fourth-order valence-electron chi connectivity index (χ4n) is 6.60. The van der Waals surface area contributed by atoms with Gasteiger partial charge in [0.05, 0.1) is 13.2 Å². The van der Waals surface area contributed by atoms with Gasteiger partial charge in [0, 0.05) is 6.42 Å². The minimum atomic E-state index is -0.359. The lowest BCUT2D eigenvalue weighted by atomic mass is 9.60. The number of amides is 1. The fraction of sp³-hybridized carbons (Fsp3) is 0.731. The maximum absolute atomic E-state index is 11.7. The van der Waals surface area contributed by atoms with Crippen LogP contribution in [0.1, 0.15) is 84.5 Å². The van der Waals surface area contributed by atoms with Gasteiger partial charge < -0.3 is 5.11 Å². The molecule has 0 aromatic heterocycles. The zero-order chi connectivity index (χ0) is 21.7. The Labute approximate surface area is 182 Å². The summed E-state index contributed by atoms with van der Waals surface area (Å²) in [6, 6.07) is 0. The molecule has 3 fully saturated rings. The number of rotatable bonds is 7. The summed E-state index contributed by atoms with van der Waals surface area (Å²) in [7, 11) is 1.48. The third-order valence-corrected chi connectivity index (χ3v) is 8.24. The van der Waals surface area contributed by atoms with Crippen molar-refractivity contribution in [2.75, 3.05) is 7.11 Å². The molecule has 4 heteroatoms. The van der Waals surface area contributed by atoms with Crippen LogP contribution in [0.2, 0.25) is 0 Å². The van der Waals surface area contributed by atoms with Gasteiger partial charge in [0.1, 0.15) is 0 Å². The Morgan fingerprint density at radius 1 is 1.30 bits per heavy atom. The number of fused-ring (bicyclic) bond motifs is 1. The first-order chi connectivity index (χ1) is 14.4. The van der Waals surface area contributed by atoms with Crippen LogP contribution in [0.4, 0.5) is 0 Å². The highest BCUT2D eigenvalue weighted by Crippen LogP contribution is 2.59. The molecule has 0 spiro atoms. The van der Waals surface area contributed by atoms with Crippen molar-refractivity contribution in [1.82, 2.24) is 5.48 Å². The molecule has 5 atom stereocenters. The lowest BCUT2D eigenvalue weighted by Crippen LogP contribution is -2.36. The number of carbonyl (C=O) groups excluding carboxylic acids is 1. The summed E-state index contributed by atoms with van der Waals surface area (Å²) in [5, 5.41) is 10.1. The van der Waals surface area contributed by atoms with Crippen molar-refractivity contribution in [3.05, 3.63) is 35.5 Å².